The van der Waals surface area contributed by atoms with Gasteiger partial charge in [0.2, 0.25) is 0 Å². The molecule has 104 valence electrons. The van der Waals surface area contributed by atoms with Gasteiger partial charge in [-0.15, -0.1) is 0 Å². The Balaban J connectivity index is 2.31. The minimum absolute atomic E-state index is 0.0422. The Morgan fingerprint density at radius 2 is 1.65 bits per heavy atom. The molecular weight excluding hydrogens is 278 g/mol. The van der Waals surface area contributed by atoms with Gasteiger partial charge in [0.1, 0.15) is 4.90 Å². The minimum Gasteiger partial charge on any atom is -0.321 e. The fraction of sp³-hybridized carbons (Fsp3) is 0.0714. The highest BCUT2D eigenvalue weighted by Crippen LogP contribution is 2.21. The zero-order chi connectivity index (χ0) is 14.8. The Morgan fingerprint density at radius 1 is 1.05 bits per heavy atom. The third-order valence-electron chi connectivity index (χ3n) is 2.73. The van der Waals surface area contributed by atoms with Crippen molar-refractivity contribution in [1.29, 1.82) is 0 Å². The summed E-state index contributed by atoms with van der Waals surface area (Å²) in [5, 5.41) is 2.47. The van der Waals surface area contributed by atoms with Crippen LogP contribution in [-0.4, -0.2) is 18.9 Å². The van der Waals surface area contributed by atoms with Gasteiger partial charge in [-0.25, -0.2) is 0 Å². The number of carbonyl (C=O) groups excluding carboxylic acids is 1. The minimum atomic E-state index is -4.38. The molecule has 0 aliphatic heterocycles. The first-order valence-electron chi connectivity index (χ1n) is 5.82. The summed E-state index contributed by atoms with van der Waals surface area (Å²) in [5.74, 6) is -0.443. The van der Waals surface area contributed by atoms with Crippen LogP contribution < -0.4 is 5.32 Å². The number of benzene rings is 2. The number of hydrogen-bond acceptors (Lipinski definition) is 3. The van der Waals surface area contributed by atoms with Crippen LogP contribution in [0.25, 0.3) is 0 Å². The summed E-state index contributed by atoms with van der Waals surface area (Å²) in [6.07, 6.45) is 0. The first-order chi connectivity index (χ1) is 9.38. The molecule has 0 aliphatic rings. The maximum atomic E-state index is 12.0. The fourth-order valence-corrected chi connectivity index (χ4v) is 2.34. The number of hydrogen-bond donors (Lipinski definition) is 2. The van der Waals surface area contributed by atoms with E-state index in [0.717, 1.165) is 5.56 Å². The lowest BCUT2D eigenvalue weighted by Crippen LogP contribution is -2.14. The summed E-state index contributed by atoms with van der Waals surface area (Å²) in [4.78, 5) is 11.7. The van der Waals surface area contributed by atoms with E-state index in [1.54, 1.807) is 30.3 Å². The third-order valence-corrected chi connectivity index (χ3v) is 3.64. The number of para-hydroxylation sites is 1. The number of carbonyl (C=O) groups is 1. The predicted molar refractivity (Wildman–Crippen MR) is 75.4 cm³/mol. The van der Waals surface area contributed by atoms with E-state index >= 15 is 0 Å². The van der Waals surface area contributed by atoms with E-state index in [1.165, 1.54) is 18.2 Å². The monoisotopic (exact) mass is 291 g/mol. The Bertz CT molecular complexity index is 736. The van der Waals surface area contributed by atoms with E-state index in [0.29, 0.717) is 5.56 Å². The van der Waals surface area contributed by atoms with Gasteiger partial charge in [-0.05, 0) is 31.2 Å². The lowest BCUT2D eigenvalue weighted by molar-refractivity contribution is 0.102. The van der Waals surface area contributed by atoms with E-state index in [4.69, 9.17) is 4.55 Å². The molecule has 0 atom stereocenters. The van der Waals surface area contributed by atoms with Crippen molar-refractivity contribution in [3.05, 3.63) is 59.7 Å². The van der Waals surface area contributed by atoms with E-state index in [1.807, 2.05) is 6.92 Å². The van der Waals surface area contributed by atoms with E-state index in [9.17, 15) is 13.2 Å². The Kier molecular flexibility index (Phi) is 3.87. The molecule has 5 nitrogen and oxygen atoms in total. The van der Waals surface area contributed by atoms with Crippen LogP contribution in [0.3, 0.4) is 0 Å². The zero-order valence-electron chi connectivity index (χ0n) is 10.7. The van der Waals surface area contributed by atoms with Gasteiger partial charge >= 0.3 is 0 Å². The molecule has 2 rings (SSSR count). The third kappa shape index (κ3) is 3.23. The van der Waals surface area contributed by atoms with Crippen LogP contribution in [0.15, 0.2) is 53.4 Å². The van der Waals surface area contributed by atoms with Gasteiger partial charge in [-0.3, -0.25) is 9.35 Å². The molecular formula is C14H13NO4S. The highest BCUT2D eigenvalue weighted by molar-refractivity contribution is 7.86. The summed E-state index contributed by atoms with van der Waals surface area (Å²) >= 11 is 0. The Morgan fingerprint density at radius 3 is 2.25 bits per heavy atom. The molecule has 2 aromatic rings. The molecule has 0 heterocycles. The van der Waals surface area contributed by atoms with Gasteiger partial charge < -0.3 is 5.32 Å². The molecule has 0 radical (unpaired) electrons. The average Bonchev–Trinajstić information content (AvgIpc) is 2.38. The summed E-state index contributed by atoms with van der Waals surface area (Å²) in [6.45, 7) is 1.90. The molecule has 0 saturated heterocycles. The Labute approximate surface area is 117 Å². The van der Waals surface area contributed by atoms with E-state index in [2.05, 4.69) is 5.32 Å². The van der Waals surface area contributed by atoms with Gasteiger partial charge in [0, 0.05) is 5.56 Å². The van der Waals surface area contributed by atoms with Crippen molar-refractivity contribution < 1.29 is 17.8 Å². The molecule has 0 bridgehead atoms. The highest BCUT2D eigenvalue weighted by atomic mass is 32.2. The van der Waals surface area contributed by atoms with Crippen LogP contribution in [-0.2, 0) is 10.1 Å². The topological polar surface area (TPSA) is 83.5 Å². The molecule has 0 spiro atoms. The molecule has 2 aromatic carbocycles. The summed E-state index contributed by atoms with van der Waals surface area (Å²) in [5.41, 5.74) is 1.46. The van der Waals surface area contributed by atoms with Crippen LogP contribution in [0.5, 0.6) is 0 Å². The Hall–Kier alpha value is -2.18. The fourth-order valence-electron chi connectivity index (χ4n) is 1.69. The van der Waals surface area contributed by atoms with Crippen molar-refractivity contribution in [3.8, 4) is 0 Å². The molecule has 0 unspecified atom stereocenters. The molecule has 20 heavy (non-hydrogen) atoms. The van der Waals surface area contributed by atoms with Crippen LogP contribution in [0.2, 0.25) is 0 Å². The molecule has 6 heteroatoms. The number of rotatable bonds is 3. The second-order valence-electron chi connectivity index (χ2n) is 4.29. The van der Waals surface area contributed by atoms with Crippen molar-refractivity contribution in [2.75, 3.05) is 5.32 Å². The number of anilines is 1. The predicted octanol–water partition coefficient (Wildman–Crippen LogP) is 2.49. The zero-order valence-corrected chi connectivity index (χ0v) is 11.5. The van der Waals surface area contributed by atoms with Crippen molar-refractivity contribution in [3.63, 3.8) is 0 Å². The molecule has 0 aromatic heterocycles. The summed E-state index contributed by atoms with van der Waals surface area (Å²) in [6, 6.07) is 12.5. The van der Waals surface area contributed by atoms with Crippen molar-refractivity contribution >= 4 is 21.7 Å². The molecule has 0 fully saturated rings. The van der Waals surface area contributed by atoms with Crippen LogP contribution >= 0.6 is 0 Å². The van der Waals surface area contributed by atoms with Crippen LogP contribution in [0.1, 0.15) is 15.9 Å². The first kappa shape index (κ1) is 14.2. The van der Waals surface area contributed by atoms with Crippen LogP contribution in [0, 0.1) is 6.92 Å². The molecule has 0 saturated carbocycles. The average molecular weight is 291 g/mol. The van der Waals surface area contributed by atoms with Gasteiger partial charge in [0.15, 0.2) is 0 Å². The number of nitrogens with one attached hydrogen (secondary N) is 1. The lowest BCUT2D eigenvalue weighted by atomic mass is 10.1. The molecule has 1 amide bonds. The van der Waals surface area contributed by atoms with Crippen LogP contribution in [0.4, 0.5) is 5.69 Å². The lowest BCUT2D eigenvalue weighted by Gasteiger charge is -2.09. The number of amides is 1. The SMILES string of the molecule is Cc1ccc(C(=O)Nc2ccccc2S(=O)(=O)O)cc1. The highest BCUT2D eigenvalue weighted by Gasteiger charge is 2.16. The van der Waals surface area contributed by atoms with Gasteiger partial charge in [0.05, 0.1) is 5.69 Å². The molecule has 2 N–H and O–H groups in total. The van der Waals surface area contributed by atoms with Crippen molar-refractivity contribution in [2.24, 2.45) is 0 Å². The maximum Gasteiger partial charge on any atom is 0.296 e. The van der Waals surface area contributed by atoms with Crippen molar-refractivity contribution in [2.45, 2.75) is 11.8 Å². The molecule has 0 aliphatic carbocycles. The first-order valence-corrected chi connectivity index (χ1v) is 7.26. The van der Waals surface area contributed by atoms with E-state index in [-0.39, 0.29) is 10.6 Å². The normalized spacial score (nSPS) is 11.1. The van der Waals surface area contributed by atoms with E-state index < -0.39 is 16.0 Å². The van der Waals surface area contributed by atoms with Gasteiger partial charge in [-0.1, -0.05) is 29.8 Å². The standard InChI is InChI=1S/C14H13NO4S/c1-10-6-8-11(9-7-10)14(16)15-12-4-2-3-5-13(12)20(17,18)19/h2-9H,1H3,(H,15,16)(H,17,18,19). The number of aryl methyl sites for hydroxylation is 1. The van der Waals surface area contributed by atoms with Gasteiger partial charge in [0.25, 0.3) is 16.0 Å². The van der Waals surface area contributed by atoms with Gasteiger partial charge in [-0.2, -0.15) is 8.42 Å². The second kappa shape index (κ2) is 5.44. The quantitative estimate of drug-likeness (QED) is 0.851. The maximum absolute atomic E-state index is 12.0. The second-order valence-corrected chi connectivity index (χ2v) is 5.68. The summed E-state index contributed by atoms with van der Waals surface area (Å²) in [7, 11) is -4.38. The smallest absolute Gasteiger partial charge is 0.296 e. The largest absolute Gasteiger partial charge is 0.321 e. The van der Waals surface area contributed by atoms with Crippen molar-refractivity contribution in [1.82, 2.24) is 0 Å². The summed E-state index contributed by atoms with van der Waals surface area (Å²) < 4.78 is 31.6.